The highest BCUT2D eigenvalue weighted by Crippen LogP contribution is 2.07. The Kier molecular flexibility index (Phi) is 4.04. The van der Waals surface area contributed by atoms with Gasteiger partial charge in [-0.25, -0.2) is 0 Å². The van der Waals surface area contributed by atoms with Crippen LogP contribution in [0.25, 0.3) is 0 Å². The van der Waals surface area contributed by atoms with Gasteiger partial charge in [-0.05, 0) is 25.6 Å². The molecule has 0 amide bonds. The van der Waals surface area contributed by atoms with Gasteiger partial charge in [-0.2, -0.15) is 0 Å². The molecule has 0 aliphatic carbocycles. The lowest BCUT2D eigenvalue weighted by atomic mass is 10.5. The molecule has 0 fully saturated rings. The summed E-state index contributed by atoms with van der Waals surface area (Å²) in [6.45, 7) is 2.40. The third kappa shape index (κ3) is 4.59. The fourth-order valence-corrected chi connectivity index (χ4v) is 1.60. The molecular formula is C5H15NO2Si. The average Bonchev–Trinajstić information content (AvgIpc) is 1.84. The van der Waals surface area contributed by atoms with Crippen LogP contribution in [0.3, 0.4) is 0 Å². The molecule has 3 nitrogen and oxygen atoms in total. The summed E-state index contributed by atoms with van der Waals surface area (Å²) in [4.78, 5) is 9.32. The monoisotopic (exact) mass is 149 g/mol. The molecule has 0 saturated heterocycles. The van der Waals surface area contributed by atoms with Crippen LogP contribution in [0.1, 0.15) is 6.42 Å². The quantitative estimate of drug-likeness (QED) is 0.555. The number of hydrogen-bond acceptors (Lipinski definition) is 3. The maximum Gasteiger partial charge on any atom is 0.332 e. The van der Waals surface area contributed by atoms with Gasteiger partial charge >= 0.3 is 8.56 Å². The maximum absolute atomic E-state index is 9.32. The summed E-state index contributed by atoms with van der Waals surface area (Å²) >= 11 is 0. The molecule has 0 saturated carbocycles. The Balaban J connectivity index is 3.33. The van der Waals surface area contributed by atoms with E-state index in [1.165, 1.54) is 0 Å². The summed E-state index contributed by atoms with van der Waals surface area (Å²) in [5.74, 6) is 0. The molecule has 0 heterocycles. The Bertz CT molecular complexity index is 77.4. The van der Waals surface area contributed by atoms with E-state index in [1.54, 1.807) is 13.7 Å². The van der Waals surface area contributed by atoms with E-state index in [-0.39, 0.29) is 0 Å². The summed E-state index contributed by atoms with van der Waals surface area (Å²) in [6.07, 6.45) is 0.854. The minimum Gasteiger partial charge on any atom is -0.411 e. The number of nitrogens with two attached hydrogens (primary N) is 1. The Hall–Kier alpha value is 0.0969. The lowest BCUT2D eigenvalue weighted by Gasteiger charge is -2.15. The summed E-state index contributed by atoms with van der Waals surface area (Å²) < 4.78 is 4.88. The molecule has 0 radical (unpaired) electrons. The van der Waals surface area contributed by atoms with Crippen LogP contribution in [0.5, 0.6) is 0 Å². The number of hydrogen-bond donors (Lipinski definition) is 2. The molecule has 1 atom stereocenters. The van der Waals surface area contributed by atoms with Crippen molar-refractivity contribution >= 4 is 8.56 Å². The van der Waals surface area contributed by atoms with Crippen LogP contribution in [-0.2, 0) is 4.43 Å². The summed E-state index contributed by atoms with van der Waals surface area (Å²) in [7, 11) is -0.734. The predicted molar refractivity (Wildman–Crippen MR) is 39.3 cm³/mol. The topological polar surface area (TPSA) is 55.5 Å². The molecular weight excluding hydrogens is 134 g/mol. The van der Waals surface area contributed by atoms with Crippen LogP contribution in [0.2, 0.25) is 12.6 Å². The largest absolute Gasteiger partial charge is 0.411 e. The van der Waals surface area contributed by atoms with Gasteiger partial charge in [-0.3, -0.25) is 0 Å². The third-order valence-corrected chi connectivity index (χ3v) is 3.45. The summed E-state index contributed by atoms with van der Waals surface area (Å²) in [6, 6.07) is 0.736. The average molecular weight is 149 g/mol. The van der Waals surface area contributed by atoms with Crippen molar-refractivity contribution in [1.82, 2.24) is 0 Å². The standard InChI is InChI=1S/C5H15NO2Si/c1-8-9(2,7)5-3-4-6/h7H,3-6H2,1-2H3. The maximum atomic E-state index is 9.32. The zero-order valence-electron chi connectivity index (χ0n) is 6.05. The van der Waals surface area contributed by atoms with Crippen molar-refractivity contribution in [1.29, 1.82) is 0 Å². The lowest BCUT2D eigenvalue weighted by molar-refractivity contribution is 0.295. The van der Waals surface area contributed by atoms with Gasteiger partial charge in [0.15, 0.2) is 0 Å². The molecule has 56 valence electrons. The molecule has 3 N–H and O–H groups in total. The van der Waals surface area contributed by atoms with Gasteiger partial charge in [-0.15, -0.1) is 0 Å². The smallest absolute Gasteiger partial charge is 0.332 e. The second-order valence-electron chi connectivity index (χ2n) is 2.27. The first-order valence-corrected chi connectivity index (χ1v) is 5.66. The summed E-state index contributed by atoms with van der Waals surface area (Å²) in [5, 5.41) is 0. The second kappa shape index (κ2) is 4.00. The van der Waals surface area contributed by atoms with Crippen LogP contribution >= 0.6 is 0 Å². The second-order valence-corrected chi connectivity index (χ2v) is 5.53. The van der Waals surface area contributed by atoms with E-state index in [4.69, 9.17) is 10.2 Å². The summed E-state index contributed by atoms with van der Waals surface area (Å²) in [5.41, 5.74) is 5.25. The Morgan fingerprint density at radius 3 is 2.56 bits per heavy atom. The minimum atomic E-state index is -2.28. The molecule has 0 spiro atoms. The van der Waals surface area contributed by atoms with Gasteiger partial charge in [0.1, 0.15) is 0 Å². The van der Waals surface area contributed by atoms with E-state index in [9.17, 15) is 4.80 Å². The zero-order valence-corrected chi connectivity index (χ0v) is 7.05. The molecule has 4 heteroatoms. The third-order valence-electron chi connectivity index (χ3n) is 1.28. The first-order valence-electron chi connectivity index (χ1n) is 3.10. The molecule has 0 aliphatic heterocycles. The zero-order chi connectivity index (χ0) is 7.33. The van der Waals surface area contributed by atoms with Crippen molar-refractivity contribution in [3.8, 4) is 0 Å². The van der Waals surface area contributed by atoms with E-state index in [1.807, 2.05) is 0 Å². The van der Waals surface area contributed by atoms with Gasteiger partial charge in [0.25, 0.3) is 0 Å². The Morgan fingerprint density at radius 2 is 2.22 bits per heavy atom. The fourth-order valence-electron chi connectivity index (χ4n) is 0.532. The van der Waals surface area contributed by atoms with Crippen molar-refractivity contribution in [2.24, 2.45) is 5.73 Å². The molecule has 0 aromatic carbocycles. The molecule has 0 aromatic rings. The van der Waals surface area contributed by atoms with Gasteiger partial charge in [0, 0.05) is 7.11 Å². The highest BCUT2D eigenvalue weighted by molar-refractivity contribution is 6.64. The SMILES string of the molecule is CO[Si](C)(O)CCCN. The van der Waals surface area contributed by atoms with E-state index < -0.39 is 8.56 Å². The normalized spacial score (nSPS) is 17.3. The first kappa shape index (κ1) is 9.10. The molecule has 0 rings (SSSR count). The predicted octanol–water partition coefficient (Wildman–Crippen LogP) is 0.0459. The first-order chi connectivity index (χ1) is 4.12. The van der Waals surface area contributed by atoms with Gasteiger partial charge in [0.05, 0.1) is 0 Å². The molecule has 0 aromatic heterocycles. The van der Waals surface area contributed by atoms with E-state index in [2.05, 4.69) is 0 Å². The van der Waals surface area contributed by atoms with Crippen LogP contribution < -0.4 is 5.73 Å². The van der Waals surface area contributed by atoms with Crippen molar-refractivity contribution in [3.05, 3.63) is 0 Å². The number of rotatable bonds is 4. The molecule has 0 aliphatic rings. The highest BCUT2D eigenvalue weighted by Gasteiger charge is 2.23. The Morgan fingerprint density at radius 1 is 1.67 bits per heavy atom. The Labute approximate surface area is 57.1 Å². The van der Waals surface area contributed by atoms with Crippen molar-refractivity contribution in [2.45, 2.75) is 19.0 Å². The minimum absolute atomic E-state index is 0.631. The van der Waals surface area contributed by atoms with Crippen LogP contribution in [0.15, 0.2) is 0 Å². The fraction of sp³-hybridized carbons (Fsp3) is 1.00. The molecule has 9 heavy (non-hydrogen) atoms. The van der Waals surface area contributed by atoms with Crippen LogP contribution in [0.4, 0.5) is 0 Å². The molecule has 0 bridgehead atoms. The lowest BCUT2D eigenvalue weighted by Crippen LogP contribution is -2.33. The van der Waals surface area contributed by atoms with Crippen LogP contribution in [0, 0.1) is 0 Å². The van der Waals surface area contributed by atoms with E-state index in [0.29, 0.717) is 6.54 Å². The van der Waals surface area contributed by atoms with Gasteiger partial charge in [0.2, 0.25) is 0 Å². The molecule has 1 unspecified atom stereocenters. The van der Waals surface area contributed by atoms with Gasteiger partial charge in [-0.1, -0.05) is 0 Å². The van der Waals surface area contributed by atoms with Crippen molar-refractivity contribution in [3.63, 3.8) is 0 Å². The van der Waals surface area contributed by atoms with Crippen LogP contribution in [-0.4, -0.2) is 27.0 Å². The van der Waals surface area contributed by atoms with Gasteiger partial charge < -0.3 is 15.0 Å². The van der Waals surface area contributed by atoms with Crippen molar-refractivity contribution < 1.29 is 9.22 Å². The van der Waals surface area contributed by atoms with E-state index >= 15 is 0 Å². The van der Waals surface area contributed by atoms with Crippen molar-refractivity contribution in [2.75, 3.05) is 13.7 Å². The highest BCUT2D eigenvalue weighted by atomic mass is 28.4. The van der Waals surface area contributed by atoms with E-state index in [0.717, 1.165) is 12.5 Å².